The number of hydrogen-bond acceptors (Lipinski definition) is 4. The lowest BCUT2D eigenvalue weighted by Gasteiger charge is -2.40. The molecule has 0 aliphatic carbocycles. The van der Waals surface area contributed by atoms with Crippen LogP contribution in [0, 0.1) is 5.41 Å². The molecule has 4 heteroatoms. The zero-order chi connectivity index (χ0) is 10.0. The van der Waals surface area contributed by atoms with Gasteiger partial charge in [0.25, 0.3) is 0 Å². The van der Waals surface area contributed by atoms with Crippen molar-refractivity contribution in [1.82, 2.24) is 9.97 Å². The fourth-order valence-corrected chi connectivity index (χ4v) is 1.68. The largest absolute Gasteiger partial charge is 0.380 e. The Kier molecular flexibility index (Phi) is 2.37. The normalized spacial score (nSPS) is 18.7. The first-order valence-corrected chi connectivity index (χ1v) is 4.75. The van der Waals surface area contributed by atoms with Gasteiger partial charge >= 0.3 is 0 Å². The number of rotatable bonds is 3. The minimum atomic E-state index is 0.284. The molecule has 1 aromatic rings. The summed E-state index contributed by atoms with van der Waals surface area (Å²) in [4.78, 5) is 10.4. The van der Waals surface area contributed by atoms with E-state index in [1.807, 2.05) is 7.05 Å². The highest BCUT2D eigenvalue weighted by atomic mass is 16.5. The molecule has 0 radical (unpaired) electrons. The average molecular weight is 193 g/mol. The lowest BCUT2D eigenvalue weighted by atomic mass is 9.88. The van der Waals surface area contributed by atoms with Crippen molar-refractivity contribution in [3.63, 3.8) is 0 Å². The van der Waals surface area contributed by atoms with Gasteiger partial charge in [0.15, 0.2) is 0 Å². The van der Waals surface area contributed by atoms with Gasteiger partial charge in [-0.1, -0.05) is 6.92 Å². The Balaban J connectivity index is 1.99. The number of aromatic nitrogens is 2. The maximum Gasteiger partial charge on any atom is 0.146 e. The Labute approximate surface area is 83.9 Å². The summed E-state index contributed by atoms with van der Waals surface area (Å²) in [5, 5.41) is 0. The van der Waals surface area contributed by atoms with E-state index in [9.17, 15) is 0 Å². The van der Waals surface area contributed by atoms with Crippen molar-refractivity contribution in [2.75, 3.05) is 31.7 Å². The van der Waals surface area contributed by atoms with E-state index in [0.717, 1.165) is 25.6 Å². The van der Waals surface area contributed by atoms with Gasteiger partial charge in [-0.3, -0.25) is 4.98 Å². The van der Waals surface area contributed by atoms with E-state index >= 15 is 0 Å². The molecule has 0 bridgehead atoms. The molecule has 0 aromatic carbocycles. The molecule has 2 rings (SSSR count). The molecule has 1 fully saturated rings. The minimum absolute atomic E-state index is 0.284. The molecule has 0 N–H and O–H groups in total. The number of nitrogens with zero attached hydrogens (tertiary/aromatic N) is 3. The summed E-state index contributed by atoms with van der Waals surface area (Å²) in [6, 6.07) is 0. The summed E-state index contributed by atoms with van der Waals surface area (Å²) in [5.74, 6) is 0.917. The van der Waals surface area contributed by atoms with E-state index in [1.54, 1.807) is 18.6 Å². The Bertz CT molecular complexity index is 297. The van der Waals surface area contributed by atoms with Gasteiger partial charge < -0.3 is 9.64 Å². The minimum Gasteiger partial charge on any atom is -0.380 e. The third-order valence-electron chi connectivity index (χ3n) is 2.46. The molecule has 1 aromatic heterocycles. The van der Waals surface area contributed by atoms with Crippen LogP contribution >= 0.6 is 0 Å². The van der Waals surface area contributed by atoms with Gasteiger partial charge in [0, 0.05) is 31.4 Å². The maximum atomic E-state index is 5.21. The highest BCUT2D eigenvalue weighted by Gasteiger charge is 2.34. The summed E-state index contributed by atoms with van der Waals surface area (Å²) < 4.78 is 5.21. The number of anilines is 1. The van der Waals surface area contributed by atoms with Crippen LogP contribution in [0.3, 0.4) is 0 Å². The molecular formula is C10H15N3O. The van der Waals surface area contributed by atoms with Crippen LogP contribution in [0.2, 0.25) is 0 Å². The van der Waals surface area contributed by atoms with E-state index in [1.165, 1.54) is 0 Å². The molecular weight excluding hydrogens is 178 g/mol. The van der Waals surface area contributed by atoms with Crippen LogP contribution in [0.5, 0.6) is 0 Å². The number of ether oxygens (including phenoxy) is 1. The lowest BCUT2D eigenvalue weighted by Crippen LogP contribution is -2.48. The molecule has 76 valence electrons. The van der Waals surface area contributed by atoms with Gasteiger partial charge in [-0.25, -0.2) is 4.98 Å². The highest BCUT2D eigenvalue weighted by Crippen LogP contribution is 2.28. The van der Waals surface area contributed by atoms with Crippen LogP contribution in [-0.4, -0.2) is 36.8 Å². The van der Waals surface area contributed by atoms with Crippen LogP contribution in [0.25, 0.3) is 0 Å². The lowest BCUT2D eigenvalue weighted by molar-refractivity contribution is -0.0952. The van der Waals surface area contributed by atoms with Crippen LogP contribution in [0.1, 0.15) is 6.92 Å². The molecule has 1 aliphatic heterocycles. The molecule has 4 nitrogen and oxygen atoms in total. The van der Waals surface area contributed by atoms with E-state index in [4.69, 9.17) is 4.74 Å². The Hall–Kier alpha value is -1.16. The van der Waals surface area contributed by atoms with Crippen LogP contribution in [0.15, 0.2) is 18.6 Å². The van der Waals surface area contributed by atoms with Gasteiger partial charge in [0.2, 0.25) is 0 Å². The molecule has 14 heavy (non-hydrogen) atoms. The van der Waals surface area contributed by atoms with Gasteiger partial charge in [0.05, 0.1) is 19.4 Å². The van der Waals surface area contributed by atoms with Crippen molar-refractivity contribution < 1.29 is 4.74 Å². The summed E-state index contributed by atoms with van der Waals surface area (Å²) >= 11 is 0. The fourth-order valence-electron chi connectivity index (χ4n) is 1.68. The van der Waals surface area contributed by atoms with Gasteiger partial charge in [0.1, 0.15) is 5.82 Å². The molecule has 0 atom stereocenters. The molecule has 0 amide bonds. The first-order chi connectivity index (χ1) is 6.70. The number of hydrogen-bond donors (Lipinski definition) is 0. The SMILES string of the molecule is CN(CC1(C)COC1)c1cnccn1. The van der Waals surface area contributed by atoms with Crippen molar-refractivity contribution >= 4 is 5.82 Å². The van der Waals surface area contributed by atoms with Crippen LogP contribution < -0.4 is 4.90 Å². The first-order valence-electron chi connectivity index (χ1n) is 4.75. The molecule has 1 saturated heterocycles. The Morgan fingerprint density at radius 1 is 1.50 bits per heavy atom. The van der Waals surface area contributed by atoms with Gasteiger partial charge in [-0.15, -0.1) is 0 Å². The molecule has 0 spiro atoms. The van der Waals surface area contributed by atoms with Crippen molar-refractivity contribution in [2.45, 2.75) is 6.92 Å². The topological polar surface area (TPSA) is 38.2 Å². The van der Waals surface area contributed by atoms with Crippen molar-refractivity contribution in [1.29, 1.82) is 0 Å². The summed E-state index contributed by atoms with van der Waals surface area (Å²) in [5.41, 5.74) is 0.284. The van der Waals surface area contributed by atoms with Gasteiger partial charge in [-0.2, -0.15) is 0 Å². The van der Waals surface area contributed by atoms with E-state index < -0.39 is 0 Å². The van der Waals surface area contributed by atoms with Crippen LogP contribution in [-0.2, 0) is 4.74 Å². The van der Waals surface area contributed by atoms with Gasteiger partial charge in [-0.05, 0) is 0 Å². The second-order valence-electron chi connectivity index (χ2n) is 4.22. The fraction of sp³-hybridized carbons (Fsp3) is 0.600. The summed E-state index contributed by atoms with van der Waals surface area (Å²) in [6.07, 6.45) is 5.18. The Morgan fingerprint density at radius 3 is 2.79 bits per heavy atom. The highest BCUT2D eigenvalue weighted by molar-refractivity contribution is 5.34. The zero-order valence-electron chi connectivity index (χ0n) is 8.60. The molecule has 0 saturated carbocycles. The smallest absolute Gasteiger partial charge is 0.146 e. The van der Waals surface area contributed by atoms with Crippen LogP contribution in [0.4, 0.5) is 5.82 Å². The summed E-state index contributed by atoms with van der Waals surface area (Å²) in [7, 11) is 2.04. The van der Waals surface area contributed by atoms with E-state index in [2.05, 4.69) is 21.8 Å². The molecule has 0 unspecified atom stereocenters. The van der Waals surface area contributed by atoms with Crippen molar-refractivity contribution in [3.05, 3.63) is 18.6 Å². The predicted octanol–water partition coefficient (Wildman–Crippen LogP) is 0.949. The van der Waals surface area contributed by atoms with Crippen molar-refractivity contribution in [2.24, 2.45) is 5.41 Å². The summed E-state index contributed by atoms with van der Waals surface area (Å²) in [6.45, 7) is 4.88. The second kappa shape index (κ2) is 3.53. The average Bonchev–Trinajstić information content (AvgIpc) is 2.17. The Morgan fingerprint density at radius 2 is 2.29 bits per heavy atom. The zero-order valence-corrected chi connectivity index (χ0v) is 8.60. The standard InChI is InChI=1S/C10H15N3O/c1-10(7-14-8-10)6-13(2)9-5-11-3-4-12-9/h3-5H,6-8H2,1-2H3. The van der Waals surface area contributed by atoms with E-state index in [0.29, 0.717) is 0 Å². The second-order valence-corrected chi connectivity index (χ2v) is 4.22. The monoisotopic (exact) mass is 193 g/mol. The predicted molar refractivity (Wildman–Crippen MR) is 54.2 cm³/mol. The maximum absolute atomic E-state index is 5.21. The third-order valence-corrected chi connectivity index (χ3v) is 2.46. The van der Waals surface area contributed by atoms with Crippen molar-refractivity contribution in [3.8, 4) is 0 Å². The first kappa shape index (κ1) is 9.40. The quantitative estimate of drug-likeness (QED) is 0.716. The molecule has 1 aliphatic rings. The van der Waals surface area contributed by atoms with E-state index in [-0.39, 0.29) is 5.41 Å². The molecule has 2 heterocycles. The third kappa shape index (κ3) is 1.85.